The van der Waals surface area contributed by atoms with Crippen molar-refractivity contribution in [3.05, 3.63) is 65.0 Å². The lowest BCUT2D eigenvalue weighted by Gasteiger charge is -2.29. The zero-order valence-electron chi connectivity index (χ0n) is 19.8. The second-order valence-corrected chi connectivity index (χ2v) is 10.1. The Labute approximate surface area is 195 Å². The third-order valence-electron chi connectivity index (χ3n) is 5.61. The molecule has 2 amide bonds. The van der Waals surface area contributed by atoms with E-state index >= 15 is 0 Å². The number of hydrogen-bond acceptors (Lipinski definition) is 4. The number of benzene rings is 2. The van der Waals surface area contributed by atoms with Crippen LogP contribution in [-0.4, -0.2) is 51.0 Å². The summed E-state index contributed by atoms with van der Waals surface area (Å²) in [6.07, 6.45) is 1.47. The van der Waals surface area contributed by atoms with Gasteiger partial charge in [-0.25, -0.2) is 12.8 Å². The van der Waals surface area contributed by atoms with E-state index in [0.717, 1.165) is 17.4 Å². The summed E-state index contributed by atoms with van der Waals surface area (Å²) in [6, 6.07) is 10.4. The Morgan fingerprint density at radius 3 is 2.24 bits per heavy atom. The van der Waals surface area contributed by atoms with Gasteiger partial charge in [0.05, 0.1) is 11.9 Å². The molecule has 1 atom stereocenters. The van der Waals surface area contributed by atoms with Crippen LogP contribution in [-0.2, 0) is 26.2 Å². The van der Waals surface area contributed by atoms with Crippen LogP contribution in [0.3, 0.4) is 0 Å². The maximum absolute atomic E-state index is 13.3. The van der Waals surface area contributed by atoms with E-state index in [1.54, 1.807) is 25.1 Å². The average molecular weight is 478 g/mol. The number of likely N-dealkylation sites (N-methyl/N-ethyl adjacent to an activating group) is 1. The Hall–Kier alpha value is -2.94. The summed E-state index contributed by atoms with van der Waals surface area (Å²) in [7, 11) is -2.05. The van der Waals surface area contributed by atoms with Crippen LogP contribution in [0.25, 0.3) is 0 Å². The van der Waals surface area contributed by atoms with Crippen molar-refractivity contribution in [2.45, 2.75) is 46.2 Å². The van der Waals surface area contributed by atoms with Crippen molar-refractivity contribution in [3.8, 4) is 0 Å². The van der Waals surface area contributed by atoms with Gasteiger partial charge in [-0.15, -0.1) is 0 Å². The Morgan fingerprint density at radius 1 is 1.06 bits per heavy atom. The zero-order chi connectivity index (χ0) is 24.8. The molecule has 0 heterocycles. The van der Waals surface area contributed by atoms with Gasteiger partial charge in [0.1, 0.15) is 11.9 Å². The molecule has 180 valence electrons. The molecule has 33 heavy (non-hydrogen) atoms. The molecule has 0 saturated heterocycles. The minimum absolute atomic E-state index is 0.0550. The number of carbonyl (C=O) groups excluding carboxylic acids is 2. The fourth-order valence-corrected chi connectivity index (χ4v) is 4.42. The topological polar surface area (TPSA) is 86.8 Å². The number of nitrogens with zero attached hydrogens (tertiary/aromatic N) is 2. The minimum Gasteiger partial charge on any atom is -0.357 e. The second kappa shape index (κ2) is 11.3. The molecule has 0 aliphatic rings. The third-order valence-corrected chi connectivity index (χ3v) is 6.80. The van der Waals surface area contributed by atoms with Crippen LogP contribution in [0.4, 0.5) is 10.1 Å². The summed E-state index contributed by atoms with van der Waals surface area (Å²) in [6.45, 7) is 5.76. The minimum atomic E-state index is -3.54. The van der Waals surface area contributed by atoms with Gasteiger partial charge in [-0.1, -0.05) is 18.2 Å². The van der Waals surface area contributed by atoms with Crippen LogP contribution in [0.2, 0.25) is 0 Å². The number of nitrogens with one attached hydrogen (secondary N) is 1. The highest BCUT2D eigenvalue weighted by molar-refractivity contribution is 7.92. The van der Waals surface area contributed by atoms with Crippen LogP contribution in [0.1, 0.15) is 36.5 Å². The van der Waals surface area contributed by atoms with Crippen molar-refractivity contribution in [1.82, 2.24) is 10.2 Å². The van der Waals surface area contributed by atoms with Crippen LogP contribution < -0.4 is 9.62 Å². The Balaban J connectivity index is 2.15. The lowest BCUT2D eigenvalue weighted by atomic mass is 10.1. The number of aryl methyl sites for hydroxylation is 2. The van der Waals surface area contributed by atoms with Gasteiger partial charge in [0.15, 0.2) is 0 Å². The highest BCUT2D eigenvalue weighted by Gasteiger charge is 2.26. The molecular formula is C24H32FN3O4S. The fourth-order valence-electron chi connectivity index (χ4n) is 3.46. The van der Waals surface area contributed by atoms with Crippen molar-refractivity contribution in [1.29, 1.82) is 0 Å². The molecule has 0 saturated carbocycles. The highest BCUT2D eigenvalue weighted by Crippen LogP contribution is 2.22. The number of sulfonamides is 1. The standard InChI is InChI=1S/C24H32FN3O4S/c1-17-8-13-22(15-18(17)2)28(33(5,31)32)14-6-7-23(29)27(19(3)24(30)26-4)16-20-9-11-21(25)12-10-20/h8-13,15,19H,6-7,14,16H2,1-5H3,(H,26,30)/t19-/m1/s1. The maximum Gasteiger partial charge on any atom is 0.242 e. The van der Waals surface area contributed by atoms with Crippen molar-refractivity contribution >= 4 is 27.5 Å². The number of carbonyl (C=O) groups is 2. The molecule has 2 aromatic rings. The van der Waals surface area contributed by atoms with Crippen LogP contribution in [0, 0.1) is 19.7 Å². The number of hydrogen-bond donors (Lipinski definition) is 1. The molecule has 0 unspecified atom stereocenters. The van der Waals surface area contributed by atoms with E-state index < -0.39 is 16.1 Å². The van der Waals surface area contributed by atoms with Crippen molar-refractivity contribution < 1.29 is 22.4 Å². The van der Waals surface area contributed by atoms with E-state index in [1.807, 2.05) is 26.0 Å². The predicted octanol–water partition coefficient (Wildman–Crippen LogP) is 3.15. The molecule has 0 bridgehead atoms. The molecule has 1 N–H and O–H groups in total. The first-order chi connectivity index (χ1) is 15.4. The molecule has 7 nitrogen and oxygen atoms in total. The summed E-state index contributed by atoms with van der Waals surface area (Å²) in [5.41, 5.74) is 3.27. The van der Waals surface area contributed by atoms with E-state index in [-0.39, 0.29) is 43.6 Å². The summed E-state index contributed by atoms with van der Waals surface area (Å²) in [4.78, 5) is 26.7. The molecule has 0 radical (unpaired) electrons. The van der Waals surface area contributed by atoms with Crippen LogP contribution in [0.15, 0.2) is 42.5 Å². The Kier molecular flexibility index (Phi) is 8.99. The largest absolute Gasteiger partial charge is 0.357 e. The van der Waals surface area contributed by atoms with Gasteiger partial charge in [-0.2, -0.15) is 0 Å². The average Bonchev–Trinajstić information content (AvgIpc) is 2.76. The molecule has 0 aliphatic carbocycles. The van der Waals surface area contributed by atoms with Crippen LogP contribution >= 0.6 is 0 Å². The van der Waals surface area contributed by atoms with Gasteiger partial charge >= 0.3 is 0 Å². The van der Waals surface area contributed by atoms with Crippen molar-refractivity contribution in [3.63, 3.8) is 0 Å². The summed E-state index contributed by atoms with van der Waals surface area (Å²) >= 11 is 0. The van der Waals surface area contributed by atoms with Crippen molar-refractivity contribution in [2.75, 3.05) is 24.2 Å². The van der Waals surface area contributed by atoms with Crippen LogP contribution in [0.5, 0.6) is 0 Å². The molecular weight excluding hydrogens is 445 g/mol. The van der Waals surface area contributed by atoms with Gasteiger partial charge in [-0.05, 0) is 68.1 Å². The molecule has 2 rings (SSSR count). The summed E-state index contributed by atoms with van der Waals surface area (Å²) in [5, 5.41) is 2.54. The van der Waals surface area contributed by atoms with E-state index in [0.29, 0.717) is 11.3 Å². The first-order valence-electron chi connectivity index (χ1n) is 10.7. The first-order valence-corrected chi connectivity index (χ1v) is 12.6. The monoisotopic (exact) mass is 477 g/mol. The number of halogens is 1. The Morgan fingerprint density at radius 2 is 1.70 bits per heavy atom. The molecule has 9 heteroatoms. The second-order valence-electron chi connectivity index (χ2n) is 8.15. The number of anilines is 1. The van der Waals surface area contributed by atoms with E-state index in [1.165, 1.54) is 28.4 Å². The third kappa shape index (κ3) is 7.28. The van der Waals surface area contributed by atoms with Gasteiger partial charge in [-0.3, -0.25) is 13.9 Å². The SMILES string of the molecule is CNC(=O)[C@@H](C)N(Cc1ccc(F)cc1)C(=O)CCCN(c1ccc(C)c(C)c1)S(C)(=O)=O. The molecule has 0 aliphatic heterocycles. The van der Waals surface area contributed by atoms with E-state index in [4.69, 9.17) is 0 Å². The zero-order valence-corrected chi connectivity index (χ0v) is 20.6. The first kappa shape index (κ1) is 26.3. The Bertz CT molecular complexity index is 1090. The smallest absolute Gasteiger partial charge is 0.242 e. The molecule has 0 spiro atoms. The van der Waals surface area contributed by atoms with Crippen molar-refractivity contribution in [2.24, 2.45) is 0 Å². The summed E-state index contributed by atoms with van der Waals surface area (Å²) in [5.74, 6) is -0.995. The molecule has 0 fully saturated rings. The van der Waals surface area contributed by atoms with E-state index in [2.05, 4.69) is 5.32 Å². The molecule has 2 aromatic carbocycles. The number of rotatable bonds is 10. The fraction of sp³-hybridized carbons (Fsp3) is 0.417. The predicted molar refractivity (Wildman–Crippen MR) is 128 cm³/mol. The maximum atomic E-state index is 13.3. The number of amides is 2. The summed E-state index contributed by atoms with van der Waals surface area (Å²) < 4.78 is 39.3. The highest BCUT2D eigenvalue weighted by atomic mass is 32.2. The lowest BCUT2D eigenvalue weighted by molar-refractivity contribution is -0.140. The van der Waals surface area contributed by atoms with E-state index in [9.17, 15) is 22.4 Å². The quantitative estimate of drug-likeness (QED) is 0.570. The normalized spacial score (nSPS) is 12.2. The van der Waals surface area contributed by atoms with Gasteiger partial charge in [0, 0.05) is 26.6 Å². The van der Waals surface area contributed by atoms with Gasteiger partial charge in [0.2, 0.25) is 21.8 Å². The lowest BCUT2D eigenvalue weighted by Crippen LogP contribution is -2.46. The van der Waals surface area contributed by atoms with Gasteiger partial charge < -0.3 is 10.2 Å². The van der Waals surface area contributed by atoms with Gasteiger partial charge in [0.25, 0.3) is 0 Å². The molecule has 0 aromatic heterocycles.